The number of halogens is 3. The van der Waals surface area contributed by atoms with Gasteiger partial charge in [0.2, 0.25) is 0 Å². The normalized spacial score (nSPS) is 11.0. The Morgan fingerprint density at radius 1 is 1.45 bits per heavy atom. The van der Waals surface area contributed by atoms with Gasteiger partial charge < -0.3 is 4.74 Å². The Bertz CT molecular complexity index is 148. The standard InChI is InChI=1S/C3H4F3NO2S2/c4-3(5,6)1-9-2(8)7(10)11/h10-11H,1H2. The molecule has 0 saturated carbocycles. The summed E-state index contributed by atoms with van der Waals surface area (Å²) < 4.78 is 38.0. The molecule has 0 aliphatic rings. The molecular formula is C3H4F3NO2S2. The lowest BCUT2D eigenvalue weighted by atomic mass is 10.7. The van der Waals surface area contributed by atoms with Gasteiger partial charge in [0.25, 0.3) is 0 Å². The predicted molar refractivity (Wildman–Crippen MR) is 37.2 cm³/mol. The summed E-state index contributed by atoms with van der Waals surface area (Å²) in [5.41, 5.74) is 0. The topological polar surface area (TPSA) is 29.5 Å². The molecule has 0 aliphatic carbocycles. The second-order valence-corrected chi connectivity index (χ2v) is 2.57. The van der Waals surface area contributed by atoms with Crippen molar-refractivity contribution in [3.63, 3.8) is 0 Å². The first kappa shape index (κ1) is 10.8. The summed E-state index contributed by atoms with van der Waals surface area (Å²) in [6.45, 7) is -1.64. The molecular weight excluding hydrogens is 203 g/mol. The molecule has 66 valence electrons. The minimum absolute atomic E-state index is 0.311. The molecule has 0 aromatic rings. The van der Waals surface area contributed by atoms with Crippen molar-refractivity contribution in [1.82, 2.24) is 3.71 Å². The van der Waals surface area contributed by atoms with Gasteiger partial charge in [-0.15, -0.1) is 0 Å². The van der Waals surface area contributed by atoms with E-state index in [-0.39, 0.29) is 0 Å². The number of ether oxygens (including phenoxy) is 1. The van der Waals surface area contributed by atoms with Crippen molar-refractivity contribution in [2.45, 2.75) is 6.18 Å². The third kappa shape index (κ3) is 6.17. The van der Waals surface area contributed by atoms with Crippen LogP contribution < -0.4 is 0 Å². The lowest BCUT2D eigenvalue weighted by molar-refractivity contribution is -0.160. The average Bonchev–Trinajstić information content (AvgIpc) is 1.80. The Morgan fingerprint density at radius 2 is 1.91 bits per heavy atom. The first-order valence-corrected chi connectivity index (χ1v) is 3.04. The zero-order chi connectivity index (χ0) is 9.07. The van der Waals surface area contributed by atoms with Crippen LogP contribution in [0, 0.1) is 0 Å². The van der Waals surface area contributed by atoms with Crippen molar-refractivity contribution in [3.8, 4) is 0 Å². The molecule has 0 heterocycles. The molecule has 3 nitrogen and oxygen atoms in total. The van der Waals surface area contributed by atoms with E-state index in [1.807, 2.05) is 0 Å². The Balaban J connectivity index is 3.64. The highest BCUT2D eigenvalue weighted by Crippen LogP contribution is 2.15. The molecule has 0 bridgehead atoms. The van der Waals surface area contributed by atoms with Gasteiger partial charge in [-0.2, -0.15) is 16.9 Å². The van der Waals surface area contributed by atoms with Crippen LogP contribution in [0.2, 0.25) is 0 Å². The molecule has 11 heavy (non-hydrogen) atoms. The predicted octanol–water partition coefficient (Wildman–Crippen LogP) is 1.68. The average molecular weight is 207 g/mol. The van der Waals surface area contributed by atoms with E-state index in [4.69, 9.17) is 0 Å². The summed E-state index contributed by atoms with van der Waals surface area (Å²) in [6.07, 6.45) is -5.79. The number of hydrogen-bond acceptors (Lipinski definition) is 4. The highest BCUT2D eigenvalue weighted by molar-refractivity contribution is 7.94. The lowest BCUT2D eigenvalue weighted by Gasteiger charge is -2.09. The van der Waals surface area contributed by atoms with E-state index in [0.717, 1.165) is 0 Å². The molecule has 8 heteroatoms. The van der Waals surface area contributed by atoms with Crippen LogP contribution in [-0.4, -0.2) is 22.6 Å². The van der Waals surface area contributed by atoms with Gasteiger partial charge in [-0.1, -0.05) is 0 Å². The monoisotopic (exact) mass is 207 g/mol. The zero-order valence-corrected chi connectivity index (χ0v) is 6.79. The summed E-state index contributed by atoms with van der Waals surface area (Å²) in [6, 6.07) is 0. The Labute approximate surface area is 71.6 Å². The molecule has 0 saturated heterocycles. The molecule has 0 unspecified atom stereocenters. The van der Waals surface area contributed by atoms with Crippen LogP contribution in [-0.2, 0) is 4.74 Å². The minimum Gasteiger partial charge on any atom is -0.439 e. The van der Waals surface area contributed by atoms with E-state index in [0.29, 0.717) is 3.71 Å². The van der Waals surface area contributed by atoms with Crippen LogP contribution in [0.5, 0.6) is 0 Å². The molecule has 0 aromatic carbocycles. The van der Waals surface area contributed by atoms with Crippen molar-refractivity contribution < 1.29 is 22.7 Å². The van der Waals surface area contributed by atoms with Crippen LogP contribution in [0.25, 0.3) is 0 Å². The summed E-state index contributed by atoms with van der Waals surface area (Å²) in [5.74, 6) is 0. The van der Waals surface area contributed by atoms with E-state index >= 15 is 0 Å². The molecule has 0 aromatic heterocycles. The number of nitrogens with zero attached hydrogens (tertiary/aromatic N) is 1. The van der Waals surface area contributed by atoms with Crippen molar-refractivity contribution in [1.29, 1.82) is 0 Å². The Kier molecular flexibility index (Phi) is 3.87. The largest absolute Gasteiger partial charge is 0.439 e. The first-order chi connectivity index (χ1) is 4.83. The molecule has 0 aliphatic heterocycles. The number of carbonyl (C=O) groups excluding carboxylic acids is 1. The highest BCUT2D eigenvalue weighted by Gasteiger charge is 2.30. The molecule has 0 fully saturated rings. The first-order valence-electron chi connectivity index (χ1n) is 2.24. The fraction of sp³-hybridized carbons (Fsp3) is 0.667. The number of amides is 1. The summed E-state index contributed by atoms with van der Waals surface area (Å²) >= 11 is 6.56. The summed E-state index contributed by atoms with van der Waals surface area (Å²) in [4.78, 5) is 10.2. The van der Waals surface area contributed by atoms with Crippen LogP contribution in [0.15, 0.2) is 0 Å². The molecule has 0 atom stereocenters. The van der Waals surface area contributed by atoms with Crippen LogP contribution in [0.1, 0.15) is 0 Å². The van der Waals surface area contributed by atoms with Crippen LogP contribution in [0.4, 0.5) is 18.0 Å². The van der Waals surface area contributed by atoms with Gasteiger partial charge in [0.05, 0.1) is 0 Å². The smallest absolute Gasteiger partial charge is 0.430 e. The van der Waals surface area contributed by atoms with Crippen molar-refractivity contribution >= 4 is 31.7 Å². The maximum Gasteiger partial charge on any atom is 0.430 e. The maximum absolute atomic E-state index is 11.3. The van der Waals surface area contributed by atoms with E-state index in [1.165, 1.54) is 0 Å². The second-order valence-electron chi connectivity index (χ2n) is 1.46. The second kappa shape index (κ2) is 3.96. The number of rotatable bonds is 1. The van der Waals surface area contributed by atoms with Crippen LogP contribution in [0.3, 0.4) is 0 Å². The minimum atomic E-state index is -4.52. The molecule has 0 spiro atoms. The SMILES string of the molecule is O=C(OCC(F)(F)F)N(S)S. The summed E-state index contributed by atoms with van der Waals surface area (Å²) in [5, 5.41) is 0. The van der Waals surface area contributed by atoms with Crippen molar-refractivity contribution in [3.05, 3.63) is 0 Å². The van der Waals surface area contributed by atoms with Gasteiger partial charge in [-0.3, -0.25) is 0 Å². The van der Waals surface area contributed by atoms with Gasteiger partial charge in [-0.05, 0) is 25.6 Å². The van der Waals surface area contributed by atoms with Gasteiger partial charge in [0.15, 0.2) is 6.61 Å². The number of alkyl halides is 3. The Morgan fingerprint density at radius 3 is 2.18 bits per heavy atom. The van der Waals surface area contributed by atoms with Gasteiger partial charge in [0, 0.05) is 0 Å². The lowest BCUT2D eigenvalue weighted by Crippen LogP contribution is -2.23. The fourth-order valence-corrected chi connectivity index (χ4v) is 0.317. The van der Waals surface area contributed by atoms with Crippen molar-refractivity contribution in [2.75, 3.05) is 6.61 Å². The summed E-state index contributed by atoms with van der Waals surface area (Å²) in [7, 11) is 0. The molecule has 0 N–H and O–H groups in total. The van der Waals surface area contributed by atoms with Gasteiger partial charge >= 0.3 is 12.3 Å². The van der Waals surface area contributed by atoms with Crippen LogP contribution >= 0.6 is 25.6 Å². The molecule has 0 radical (unpaired) electrons. The quantitative estimate of drug-likeness (QED) is 0.640. The third-order valence-corrected chi connectivity index (χ3v) is 0.849. The van der Waals surface area contributed by atoms with E-state index in [9.17, 15) is 18.0 Å². The molecule has 0 rings (SSSR count). The Hall–Kier alpha value is -0.240. The van der Waals surface area contributed by atoms with Gasteiger partial charge in [-0.25, -0.2) is 4.79 Å². The highest BCUT2D eigenvalue weighted by atomic mass is 32.2. The number of carbonyl (C=O) groups is 1. The fourth-order valence-electron chi connectivity index (χ4n) is 0.201. The third-order valence-electron chi connectivity index (χ3n) is 0.523. The maximum atomic E-state index is 11.3. The van der Waals surface area contributed by atoms with Gasteiger partial charge in [0.1, 0.15) is 0 Å². The number of hydrogen-bond donors (Lipinski definition) is 2. The van der Waals surface area contributed by atoms with E-state index < -0.39 is 18.9 Å². The van der Waals surface area contributed by atoms with Crippen molar-refractivity contribution in [2.24, 2.45) is 0 Å². The van der Waals surface area contributed by atoms with E-state index in [1.54, 1.807) is 0 Å². The van der Waals surface area contributed by atoms with E-state index in [2.05, 4.69) is 30.4 Å². The number of thiol groups is 2. The zero-order valence-electron chi connectivity index (χ0n) is 5.00. The molecule has 1 amide bonds.